The Labute approximate surface area is 91.7 Å². The Kier molecular flexibility index (Phi) is 3.15. The number of halogens is 1. The van der Waals surface area contributed by atoms with Gasteiger partial charge in [-0.05, 0) is 41.0 Å². The second-order valence-electron chi connectivity index (χ2n) is 3.54. The molecule has 1 aliphatic heterocycles. The van der Waals surface area contributed by atoms with Gasteiger partial charge < -0.3 is 10.4 Å². The van der Waals surface area contributed by atoms with E-state index in [9.17, 15) is 0 Å². The van der Waals surface area contributed by atoms with Crippen LogP contribution in [0.5, 0.6) is 0 Å². The molecule has 1 aliphatic rings. The largest absolute Gasteiger partial charge is 0.395 e. The first-order chi connectivity index (χ1) is 6.81. The van der Waals surface area contributed by atoms with Gasteiger partial charge in [0.05, 0.1) is 6.61 Å². The Morgan fingerprint density at radius 3 is 3.07 bits per heavy atom. The van der Waals surface area contributed by atoms with Gasteiger partial charge in [0, 0.05) is 28.3 Å². The Morgan fingerprint density at radius 1 is 1.57 bits per heavy atom. The number of nitrogens with one attached hydrogen (secondary N) is 1. The highest BCUT2D eigenvalue weighted by Gasteiger charge is 2.28. The van der Waals surface area contributed by atoms with Crippen molar-refractivity contribution in [1.29, 1.82) is 0 Å². The van der Waals surface area contributed by atoms with Gasteiger partial charge in [-0.2, -0.15) is 0 Å². The fourth-order valence-electron chi connectivity index (χ4n) is 1.92. The van der Waals surface area contributed by atoms with Gasteiger partial charge in [-0.3, -0.25) is 4.98 Å². The molecule has 0 spiro atoms. The molecule has 76 valence electrons. The van der Waals surface area contributed by atoms with Crippen LogP contribution in [0.2, 0.25) is 0 Å². The van der Waals surface area contributed by atoms with Gasteiger partial charge >= 0.3 is 0 Å². The molecule has 1 aromatic heterocycles. The lowest BCUT2D eigenvalue weighted by Crippen LogP contribution is -2.29. The van der Waals surface area contributed by atoms with Crippen LogP contribution in [-0.4, -0.2) is 29.3 Å². The first kappa shape index (κ1) is 10.1. The number of hydrogen-bond acceptors (Lipinski definition) is 3. The lowest BCUT2D eigenvalue weighted by atomic mass is 9.97. The van der Waals surface area contributed by atoms with Gasteiger partial charge in [0.15, 0.2) is 0 Å². The standard InChI is InChI=1S/C10H13BrN2O/c11-7-1-2-9(13-5-7)8-3-4-12-10(8)6-14/h1-2,5,8,10,12,14H,3-4,6H2. The fourth-order valence-corrected chi connectivity index (χ4v) is 2.15. The minimum atomic E-state index is 0.170. The van der Waals surface area contributed by atoms with Crippen molar-refractivity contribution in [2.24, 2.45) is 0 Å². The van der Waals surface area contributed by atoms with Crippen molar-refractivity contribution < 1.29 is 5.11 Å². The van der Waals surface area contributed by atoms with Crippen LogP contribution in [0.4, 0.5) is 0 Å². The molecule has 2 atom stereocenters. The zero-order valence-electron chi connectivity index (χ0n) is 7.78. The number of pyridine rings is 1. The van der Waals surface area contributed by atoms with Crippen molar-refractivity contribution in [3.05, 3.63) is 28.5 Å². The minimum Gasteiger partial charge on any atom is -0.395 e. The summed E-state index contributed by atoms with van der Waals surface area (Å²) in [6, 6.07) is 4.18. The van der Waals surface area contributed by atoms with Gasteiger partial charge in [-0.15, -0.1) is 0 Å². The second-order valence-corrected chi connectivity index (χ2v) is 4.46. The number of aliphatic hydroxyl groups is 1. The fraction of sp³-hybridized carbons (Fsp3) is 0.500. The molecular weight excluding hydrogens is 244 g/mol. The topological polar surface area (TPSA) is 45.1 Å². The van der Waals surface area contributed by atoms with Crippen molar-refractivity contribution in [2.45, 2.75) is 18.4 Å². The molecule has 1 saturated heterocycles. The predicted octanol–water partition coefficient (Wildman–Crippen LogP) is 1.28. The third-order valence-corrected chi connectivity index (χ3v) is 3.14. The van der Waals surface area contributed by atoms with E-state index in [1.54, 1.807) is 0 Å². The van der Waals surface area contributed by atoms with Gasteiger partial charge in [-0.25, -0.2) is 0 Å². The predicted molar refractivity (Wildman–Crippen MR) is 58.2 cm³/mol. The second kappa shape index (κ2) is 4.38. The smallest absolute Gasteiger partial charge is 0.0591 e. The summed E-state index contributed by atoms with van der Waals surface area (Å²) in [5, 5.41) is 12.4. The highest BCUT2D eigenvalue weighted by molar-refractivity contribution is 9.10. The molecule has 1 fully saturated rings. The van der Waals surface area contributed by atoms with E-state index in [1.165, 1.54) is 0 Å². The maximum absolute atomic E-state index is 9.15. The summed E-state index contributed by atoms with van der Waals surface area (Å²) in [5.74, 6) is 0.355. The molecule has 2 unspecified atom stereocenters. The maximum Gasteiger partial charge on any atom is 0.0591 e. The molecule has 3 nitrogen and oxygen atoms in total. The van der Waals surface area contributed by atoms with Gasteiger partial charge in [-0.1, -0.05) is 0 Å². The Hall–Kier alpha value is -0.450. The molecule has 14 heavy (non-hydrogen) atoms. The van der Waals surface area contributed by atoms with Crippen LogP contribution in [0, 0.1) is 0 Å². The van der Waals surface area contributed by atoms with Crippen molar-refractivity contribution in [1.82, 2.24) is 10.3 Å². The number of aromatic nitrogens is 1. The summed E-state index contributed by atoms with van der Waals surface area (Å²) < 4.78 is 0.993. The van der Waals surface area contributed by atoms with E-state index in [-0.39, 0.29) is 12.6 Å². The van der Waals surface area contributed by atoms with E-state index in [0.29, 0.717) is 5.92 Å². The van der Waals surface area contributed by atoms with Gasteiger partial charge in [0.25, 0.3) is 0 Å². The average molecular weight is 257 g/mol. The van der Waals surface area contributed by atoms with E-state index in [1.807, 2.05) is 18.3 Å². The van der Waals surface area contributed by atoms with Crippen molar-refractivity contribution in [3.63, 3.8) is 0 Å². The summed E-state index contributed by atoms with van der Waals surface area (Å²) in [7, 11) is 0. The Morgan fingerprint density at radius 2 is 2.43 bits per heavy atom. The number of hydrogen-bond donors (Lipinski definition) is 2. The Bertz CT molecular complexity index is 301. The number of nitrogens with zero attached hydrogens (tertiary/aromatic N) is 1. The molecule has 0 amide bonds. The lowest BCUT2D eigenvalue weighted by Gasteiger charge is -2.16. The minimum absolute atomic E-state index is 0.170. The molecular formula is C10H13BrN2O. The molecule has 0 saturated carbocycles. The van der Waals surface area contributed by atoms with E-state index in [0.717, 1.165) is 23.1 Å². The maximum atomic E-state index is 9.15. The summed E-state index contributed by atoms with van der Waals surface area (Å²) >= 11 is 3.36. The highest BCUT2D eigenvalue weighted by atomic mass is 79.9. The normalized spacial score (nSPS) is 26.7. The molecule has 0 aliphatic carbocycles. The molecule has 2 heterocycles. The highest BCUT2D eigenvalue weighted by Crippen LogP contribution is 2.26. The number of rotatable bonds is 2. The molecule has 4 heteroatoms. The zero-order valence-corrected chi connectivity index (χ0v) is 9.37. The van der Waals surface area contributed by atoms with Crippen LogP contribution in [0.3, 0.4) is 0 Å². The summed E-state index contributed by atoms with van der Waals surface area (Å²) in [6.07, 6.45) is 2.86. The third kappa shape index (κ3) is 1.97. The van der Waals surface area contributed by atoms with E-state index >= 15 is 0 Å². The van der Waals surface area contributed by atoms with Gasteiger partial charge in [0.2, 0.25) is 0 Å². The van der Waals surface area contributed by atoms with E-state index in [4.69, 9.17) is 5.11 Å². The quantitative estimate of drug-likeness (QED) is 0.839. The summed E-state index contributed by atoms with van der Waals surface area (Å²) in [6.45, 7) is 1.15. The third-order valence-electron chi connectivity index (χ3n) is 2.67. The van der Waals surface area contributed by atoms with Crippen molar-refractivity contribution >= 4 is 15.9 Å². The summed E-state index contributed by atoms with van der Waals surface area (Å²) in [4.78, 5) is 4.36. The van der Waals surface area contributed by atoms with Crippen LogP contribution < -0.4 is 5.32 Å². The van der Waals surface area contributed by atoms with Gasteiger partial charge in [0.1, 0.15) is 0 Å². The molecule has 0 radical (unpaired) electrons. The number of aliphatic hydroxyl groups excluding tert-OH is 1. The molecule has 2 N–H and O–H groups in total. The van der Waals surface area contributed by atoms with Crippen molar-refractivity contribution in [2.75, 3.05) is 13.2 Å². The van der Waals surface area contributed by atoms with Crippen LogP contribution in [0.25, 0.3) is 0 Å². The van der Waals surface area contributed by atoms with Crippen LogP contribution in [0.1, 0.15) is 18.0 Å². The monoisotopic (exact) mass is 256 g/mol. The summed E-state index contributed by atoms with van der Waals surface area (Å²) in [5.41, 5.74) is 1.07. The van der Waals surface area contributed by atoms with E-state index in [2.05, 4.69) is 26.2 Å². The first-order valence-corrected chi connectivity index (χ1v) is 5.56. The van der Waals surface area contributed by atoms with E-state index < -0.39 is 0 Å². The van der Waals surface area contributed by atoms with Crippen LogP contribution in [-0.2, 0) is 0 Å². The van der Waals surface area contributed by atoms with Crippen LogP contribution in [0.15, 0.2) is 22.8 Å². The van der Waals surface area contributed by atoms with Crippen molar-refractivity contribution in [3.8, 4) is 0 Å². The SMILES string of the molecule is OCC1NCCC1c1ccc(Br)cn1. The molecule has 2 rings (SSSR count). The zero-order chi connectivity index (χ0) is 9.97. The van der Waals surface area contributed by atoms with Crippen LogP contribution >= 0.6 is 15.9 Å². The lowest BCUT2D eigenvalue weighted by molar-refractivity contribution is 0.244. The first-order valence-electron chi connectivity index (χ1n) is 4.77. The average Bonchev–Trinajstić information content (AvgIpc) is 2.67. The molecule has 0 bridgehead atoms. The molecule has 0 aromatic carbocycles. The Balaban J connectivity index is 2.17. The molecule has 1 aromatic rings.